The summed E-state index contributed by atoms with van der Waals surface area (Å²) in [6.45, 7) is 2.41. The number of nitrogens with one attached hydrogen (secondary N) is 1. The number of nitrogens with zero attached hydrogens (tertiary/aromatic N) is 1. The van der Waals surface area contributed by atoms with E-state index < -0.39 is 0 Å². The third-order valence-electron chi connectivity index (χ3n) is 4.40. The molecule has 0 aliphatic carbocycles. The lowest BCUT2D eigenvalue weighted by molar-refractivity contribution is 0.0963. The predicted octanol–water partition coefficient (Wildman–Crippen LogP) is 3.74. The zero-order valence-corrected chi connectivity index (χ0v) is 13.8. The maximum absolute atomic E-state index is 11.8. The van der Waals surface area contributed by atoms with Crippen LogP contribution in [0.1, 0.15) is 32.6 Å². The Morgan fingerprint density at radius 1 is 1.25 bits per heavy atom. The predicted molar refractivity (Wildman–Crippen MR) is 93.6 cm³/mol. The Bertz CT molecular complexity index is 998. The summed E-state index contributed by atoms with van der Waals surface area (Å²) in [4.78, 5) is 16.2. The molecule has 0 spiro atoms. The average Bonchev–Trinajstić information content (AvgIpc) is 2.92. The van der Waals surface area contributed by atoms with Crippen molar-refractivity contribution < 1.29 is 9.90 Å². The molecule has 120 valence electrons. The number of hydrogen-bond acceptors (Lipinski definition) is 3. The molecule has 1 amide bonds. The van der Waals surface area contributed by atoms with Gasteiger partial charge in [-0.25, -0.2) is 0 Å². The smallest absolute Gasteiger partial charge is 0.255 e. The van der Waals surface area contributed by atoms with Gasteiger partial charge in [-0.2, -0.15) is 0 Å². The minimum absolute atomic E-state index is 0.0394. The largest absolute Gasteiger partial charge is 0.505 e. The molecule has 3 aromatic rings. The molecule has 0 fully saturated rings. The van der Waals surface area contributed by atoms with Crippen molar-refractivity contribution in [3.05, 3.63) is 69.4 Å². The number of aromatic nitrogens is 1. The molecular weight excluding hydrogens is 324 g/mol. The Morgan fingerprint density at radius 3 is 2.88 bits per heavy atom. The van der Waals surface area contributed by atoms with Gasteiger partial charge in [0.15, 0.2) is 5.75 Å². The number of fused-ring (bicyclic) bond motifs is 2. The first-order valence-electron chi connectivity index (χ1n) is 7.69. The van der Waals surface area contributed by atoms with Gasteiger partial charge in [0, 0.05) is 23.2 Å². The van der Waals surface area contributed by atoms with Gasteiger partial charge in [0.1, 0.15) is 5.52 Å². The van der Waals surface area contributed by atoms with Crippen molar-refractivity contribution in [2.24, 2.45) is 0 Å². The Kier molecular flexibility index (Phi) is 3.43. The molecular formula is C19H15ClN2O2. The zero-order valence-electron chi connectivity index (χ0n) is 13.1. The van der Waals surface area contributed by atoms with Gasteiger partial charge in [-0.15, -0.1) is 0 Å². The molecule has 5 heteroatoms. The van der Waals surface area contributed by atoms with E-state index >= 15 is 0 Å². The lowest BCUT2D eigenvalue weighted by Gasteiger charge is -2.08. The molecule has 1 aromatic heterocycles. The van der Waals surface area contributed by atoms with Crippen molar-refractivity contribution in [3.8, 4) is 5.75 Å². The number of hydrogen-bond donors (Lipinski definition) is 2. The Balaban J connectivity index is 1.76. The van der Waals surface area contributed by atoms with Crippen molar-refractivity contribution in [2.45, 2.75) is 19.9 Å². The molecule has 0 saturated carbocycles. The second-order valence-electron chi connectivity index (χ2n) is 6.12. The lowest BCUT2D eigenvalue weighted by Crippen LogP contribution is -2.12. The Hall–Kier alpha value is -2.59. The average molecular weight is 339 g/mol. The number of aromatic hydroxyl groups is 1. The van der Waals surface area contributed by atoms with Crippen LogP contribution in [0.3, 0.4) is 0 Å². The first kappa shape index (κ1) is 15.0. The molecule has 0 saturated heterocycles. The van der Waals surface area contributed by atoms with E-state index in [4.69, 9.17) is 11.6 Å². The van der Waals surface area contributed by atoms with Crippen LogP contribution in [0.15, 0.2) is 36.5 Å². The molecule has 0 atom stereocenters. The van der Waals surface area contributed by atoms with E-state index in [0.717, 1.165) is 32.7 Å². The number of aryl methyl sites for hydroxylation is 1. The van der Waals surface area contributed by atoms with E-state index in [9.17, 15) is 9.90 Å². The molecule has 2 aromatic carbocycles. The summed E-state index contributed by atoms with van der Waals surface area (Å²) < 4.78 is 0. The van der Waals surface area contributed by atoms with E-state index in [0.29, 0.717) is 24.0 Å². The third kappa shape index (κ3) is 2.39. The fraction of sp³-hybridized carbons (Fsp3) is 0.158. The van der Waals surface area contributed by atoms with Gasteiger partial charge < -0.3 is 10.4 Å². The first-order chi connectivity index (χ1) is 11.5. The zero-order chi connectivity index (χ0) is 16.8. The Morgan fingerprint density at radius 2 is 2.08 bits per heavy atom. The maximum Gasteiger partial charge on any atom is 0.255 e. The van der Waals surface area contributed by atoms with E-state index in [2.05, 4.69) is 10.3 Å². The second kappa shape index (κ2) is 5.49. The topological polar surface area (TPSA) is 62.2 Å². The summed E-state index contributed by atoms with van der Waals surface area (Å²) in [5.41, 5.74) is 4.79. The summed E-state index contributed by atoms with van der Waals surface area (Å²) >= 11 is 6.19. The molecule has 1 aliphatic rings. The maximum atomic E-state index is 11.8. The standard InChI is InChI=1S/C19H15ClN2O2/c1-10-2-3-11(6-15(10)20)4-12-5-13-7-14-9-22-19(24)16(14)18(23)17(13)21-8-12/h2-3,5-8,23H,4,9H2,1H3,(H,22,24). The summed E-state index contributed by atoms with van der Waals surface area (Å²) in [5, 5.41) is 14.7. The molecule has 4 rings (SSSR count). The normalized spacial score (nSPS) is 13.2. The molecule has 4 nitrogen and oxygen atoms in total. The first-order valence-corrected chi connectivity index (χ1v) is 8.07. The SMILES string of the molecule is Cc1ccc(Cc2cnc3c(O)c4c(cc3c2)CNC4=O)cc1Cl. The quantitative estimate of drug-likeness (QED) is 0.748. The number of pyridine rings is 1. The van der Waals surface area contributed by atoms with Gasteiger partial charge >= 0.3 is 0 Å². The molecule has 0 bridgehead atoms. The summed E-state index contributed by atoms with van der Waals surface area (Å²) in [5.74, 6) is -0.285. The minimum atomic E-state index is -0.246. The number of amides is 1. The number of phenols is 1. The van der Waals surface area contributed by atoms with Gasteiger partial charge in [0.05, 0.1) is 5.56 Å². The highest BCUT2D eigenvalue weighted by molar-refractivity contribution is 6.31. The van der Waals surface area contributed by atoms with Crippen LogP contribution in [-0.2, 0) is 13.0 Å². The van der Waals surface area contributed by atoms with Crippen molar-refractivity contribution in [1.29, 1.82) is 0 Å². The molecule has 1 aliphatic heterocycles. The lowest BCUT2D eigenvalue weighted by atomic mass is 10.0. The highest BCUT2D eigenvalue weighted by Gasteiger charge is 2.25. The van der Waals surface area contributed by atoms with Crippen molar-refractivity contribution in [3.63, 3.8) is 0 Å². The van der Waals surface area contributed by atoms with Crippen LogP contribution in [0.4, 0.5) is 0 Å². The summed E-state index contributed by atoms with van der Waals surface area (Å²) in [6.07, 6.45) is 2.44. The number of carbonyl (C=O) groups is 1. The fourth-order valence-corrected chi connectivity index (χ4v) is 3.30. The molecule has 24 heavy (non-hydrogen) atoms. The molecule has 2 N–H and O–H groups in total. The third-order valence-corrected chi connectivity index (χ3v) is 4.80. The molecule has 0 unspecified atom stereocenters. The number of phenolic OH excluding ortho intramolecular Hbond substituents is 1. The van der Waals surface area contributed by atoms with Crippen molar-refractivity contribution in [1.82, 2.24) is 10.3 Å². The van der Waals surface area contributed by atoms with Gasteiger partial charge in [0.25, 0.3) is 5.91 Å². The fourth-order valence-electron chi connectivity index (χ4n) is 3.10. The van der Waals surface area contributed by atoms with Crippen LogP contribution in [0, 0.1) is 6.92 Å². The van der Waals surface area contributed by atoms with Gasteiger partial charge in [-0.1, -0.05) is 23.7 Å². The van der Waals surface area contributed by atoms with Crippen LogP contribution in [0.25, 0.3) is 10.9 Å². The van der Waals surface area contributed by atoms with Crippen LogP contribution in [0.5, 0.6) is 5.75 Å². The minimum Gasteiger partial charge on any atom is -0.505 e. The van der Waals surface area contributed by atoms with Crippen molar-refractivity contribution >= 4 is 28.4 Å². The number of rotatable bonds is 2. The number of benzene rings is 2. The van der Waals surface area contributed by atoms with Crippen LogP contribution in [0.2, 0.25) is 5.02 Å². The Labute approximate surface area is 144 Å². The van der Waals surface area contributed by atoms with Crippen LogP contribution >= 0.6 is 11.6 Å². The van der Waals surface area contributed by atoms with E-state index in [1.807, 2.05) is 37.3 Å². The van der Waals surface area contributed by atoms with E-state index in [1.165, 1.54) is 0 Å². The van der Waals surface area contributed by atoms with Gasteiger partial charge in [-0.3, -0.25) is 9.78 Å². The number of halogens is 1. The van der Waals surface area contributed by atoms with Crippen LogP contribution in [-0.4, -0.2) is 16.0 Å². The summed E-state index contributed by atoms with van der Waals surface area (Å²) in [7, 11) is 0. The monoisotopic (exact) mass is 338 g/mol. The molecule has 0 radical (unpaired) electrons. The number of carbonyl (C=O) groups excluding carboxylic acids is 1. The summed E-state index contributed by atoms with van der Waals surface area (Å²) in [6, 6.07) is 9.93. The van der Waals surface area contributed by atoms with E-state index in [1.54, 1.807) is 6.20 Å². The van der Waals surface area contributed by atoms with Crippen molar-refractivity contribution in [2.75, 3.05) is 0 Å². The van der Waals surface area contributed by atoms with Gasteiger partial charge in [0.2, 0.25) is 0 Å². The van der Waals surface area contributed by atoms with Crippen LogP contribution < -0.4 is 5.32 Å². The van der Waals surface area contributed by atoms with Gasteiger partial charge in [-0.05, 0) is 53.8 Å². The molecule has 2 heterocycles. The second-order valence-corrected chi connectivity index (χ2v) is 6.52. The highest BCUT2D eigenvalue weighted by Crippen LogP contribution is 2.33. The highest BCUT2D eigenvalue weighted by atomic mass is 35.5. The van der Waals surface area contributed by atoms with E-state index in [-0.39, 0.29) is 11.7 Å².